The minimum absolute atomic E-state index is 0.0832. The predicted molar refractivity (Wildman–Crippen MR) is 85.3 cm³/mol. The number of nitrogens with zero attached hydrogens (tertiary/aromatic N) is 2. The van der Waals surface area contributed by atoms with Crippen molar-refractivity contribution in [3.8, 4) is 0 Å². The number of carbonyl (C=O) groups is 3. The zero-order valence-electron chi connectivity index (χ0n) is 12.3. The van der Waals surface area contributed by atoms with Crippen LogP contribution in [0.15, 0.2) is 36.4 Å². The maximum atomic E-state index is 13.0. The average Bonchev–Trinajstić information content (AvgIpc) is 2.87. The highest BCUT2D eigenvalue weighted by Gasteiger charge is 2.31. The van der Waals surface area contributed by atoms with E-state index >= 15 is 0 Å². The van der Waals surface area contributed by atoms with Crippen LogP contribution >= 0.6 is 11.6 Å². The van der Waals surface area contributed by atoms with E-state index in [0.29, 0.717) is 5.69 Å². The molecule has 2 heterocycles. The summed E-state index contributed by atoms with van der Waals surface area (Å²) in [5, 5.41) is 2.67. The van der Waals surface area contributed by atoms with Gasteiger partial charge in [-0.15, -0.1) is 0 Å². The number of aromatic nitrogens is 1. The Morgan fingerprint density at radius 1 is 1.17 bits per heavy atom. The van der Waals surface area contributed by atoms with Crippen LogP contribution in [0.25, 0.3) is 0 Å². The Balaban J connectivity index is 1.81. The first kappa shape index (κ1) is 16.1. The lowest BCUT2D eigenvalue weighted by Gasteiger charge is -2.16. The van der Waals surface area contributed by atoms with Crippen LogP contribution in [0.5, 0.6) is 0 Å². The molecule has 1 aliphatic rings. The number of benzene rings is 1. The lowest BCUT2D eigenvalue weighted by Crippen LogP contribution is -2.28. The third kappa shape index (κ3) is 3.11. The van der Waals surface area contributed by atoms with E-state index in [1.54, 1.807) is 0 Å². The van der Waals surface area contributed by atoms with E-state index in [1.807, 2.05) is 0 Å². The molecule has 0 bridgehead atoms. The van der Waals surface area contributed by atoms with Crippen LogP contribution in [-0.2, 0) is 9.59 Å². The lowest BCUT2D eigenvalue weighted by atomic mass is 10.2. The number of carbonyl (C=O) groups excluding carboxylic acids is 3. The van der Waals surface area contributed by atoms with Gasteiger partial charge in [0.25, 0.3) is 5.91 Å². The molecule has 1 aromatic carbocycles. The highest BCUT2D eigenvalue weighted by Crippen LogP contribution is 2.32. The fraction of sp³-hybridized carbons (Fsp3) is 0.125. The van der Waals surface area contributed by atoms with Gasteiger partial charge in [0.1, 0.15) is 5.69 Å². The molecule has 0 radical (unpaired) electrons. The topological polar surface area (TPSA) is 79.4 Å². The summed E-state index contributed by atoms with van der Waals surface area (Å²) in [5.41, 5.74) is 0.519. The summed E-state index contributed by atoms with van der Waals surface area (Å²) in [6, 6.07) is 8.25. The first-order chi connectivity index (χ1) is 11.5. The normalized spacial score (nSPS) is 14.2. The standard InChI is InChI=1S/C16H11ClFN3O3/c17-10-8-9(19-16(24)11-2-1-3-13(18)20-11)4-5-12(10)21-14(22)6-7-15(21)23/h1-5,8H,6-7H2,(H,19,24). The van der Waals surface area contributed by atoms with Crippen molar-refractivity contribution in [1.29, 1.82) is 0 Å². The van der Waals surface area contributed by atoms with Gasteiger partial charge in [-0.1, -0.05) is 17.7 Å². The van der Waals surface area contributed by atoms with Gasteiger partial charge in [0.15, 0.2) is 0 Å². The molecule has 1 N–H and O–H groups in total. The summed E-state index contributed by atoms with van der Waals surface area (Å²) in [5.74, 6) is -2.00. The highest BCUT2D eigenvalue weighted by molar-refractivity contribution is 6.36. The molecule has 0 aliphatic carbocycles. The van der Waals surface area contributed by atoms with Gasteiger partial charge in [0.05, 0.1) is 10.7 Å². The molecule has 6 nitrogen and oxygen atoms in total. The number of hydrogen-bond donors (Lipinski definition) is 1. The SMILES string of the molecule is O=C(Nc1ccc(N2C(=O)CCC2=O)c(Cl)c1)c1cccc(F)n1. The molecule has 3 amide bonds. The summed E-state index contributed by atoms with van der Waals surface area (Å²) in [6.07, 6.45) is 0.303. The maximum absolute atomic E-state index is 13.0. The van der Waals surface area contributed by atoms with Crippen molar-refractivity contribution in [2.45, 2.75) is 12.8 Å². The van der Waals surface area contributed by atoms with Crippen molar-refractivity contribution < 1.29 is 18.8 Å². The van der Waals surface area contributed by atoms with E-state index in [9.17, 15) is 18.8 Å². The number of nitrogens with one attached hydrogen (secondary N) is 1. The molecule has 1 saturated heterocycles. The Morgan fingerprint density at radius 3 is 2.50 bits per heavy atom. The Bertz CT molecular complexity index is 840. The number of imide groups is 1. The molecule has 3 rings (SSSR count). The van der Waals surface area contributed by atoms with Gasteiger partial charge in [-0.05, 0) is 30.3 Å². The van der Waals surface area contributed by atoms with Crippen LogP contribution in [-0.4, -0.2) is 22.7 Å². The molecule has 8 heteroatoms. The largest absolute Gasteiger partial charge is 0.321 e. The average molecular weight is 348 g/mol. The second kappa shape index (κ2) is 6.37. The molecule has 1 fully saturated rings. The number of halogens is 2. The van der Waals surface area contributed by atoms with Crippen LogP contribution in [0.3, 0.4) is 0 Å². The first-order valence-electron chi connectivity index (χ1n) is 7.05. The Labute approximate surface area is 141 Å². The van der Waals surface area contributed by atoms with Gasteiger partial charge >= 0.3 is 0 Å². The third-order valence-electron chi connectivity index (χ3n) is 3.45. The fourth-order valence-electron chi connectivity index (χ4n) is 2.34. The summed E-state index contributed by atoms with van der Waals surface area (Å²) in [4.78, 5) is 40.0. The number of hydrogen-bond acceptors (Lipinski definition) is 4. The van der Waals surface area contributed by atoms with Gasteiger partial charge in [-0.25, -0.2) is 9.88 Å². The summed E-state index contributed by atoms with van der Waals surface area (Å²) in [6.45, 7) is 0. The monoisotopic (exact) mass is 347 g/mol. The van der Waals surface area contributed by atoms with Crippen molar-refractivity contribution in [1.82, 2.24) is 4.98 Å². The van der Waals surface area contributed by atoms with Crippen molar-refractivity contribution in [2.24, 2.45) is 0 Å². The fourth-order valence-corrected chi connectivity index (χ4v) is 2.61. The highest BCUT2D eigenvalue weighted by atomic mass is 35.5. The molecule has 122 valence electrons. The Hall–Kier alpha value is -2.80. The lowest BCUT2D eigenvalue weighted by molar-refractivity contribution is -0.121. The first-order valence-corrected chi connectivity index (χ1v) is 7.43. The molecule has 0 spiro atoms. The molecular formula is C16H11ClFN3O3. The molecule has 2 aromatic rings. The van der Waals surface area contributed by atoms with E-state index < -0.39 is 11.9 Å². The minimum atomic E-state index is -0.762. The van der Waals surface area contributed by atoms with Crippen molar-refractivity contribution >= 4 is 40.7 Å². The third-order valence-corrected chi connectivity index (χ3v) is 3.75. The quantitative estimate of drug-likeness (QED) is 0.684. The summed E-state index contributed by atoms with van der Waals surface area (Å²) in [7, 11) is 0. The minimum Gasteiger partial charge on any atom is -0.321 e. The molecule has 0 atom stereocenters. The Kier molecular flexibility index (Phi) is 4.26. The predicted octanol–water partition coefficient (Wildman–Crippen LogP) is 2.78. The van der Waals surface area contributed by atoms with Gasteiger partial charge in [-0.2, -0.15) is 4.39 Å². The van der Waals surface area contributed by atoms with E-state index in [0.717, 1.165) is 11.0 Å². The number of amides is 3. The molecule has 24 heavy (non-hydrogen) atoms. The second-order valence-corrected chi connectivity index (χ2v) is 5.50. The van der Waals surface area contributed by atoms with Crippen LogP contribution in [0.4, 0.5) is 15.8 Å². The molecule has 1 aromatic heterocycles. The Morgan fingerprint density at radius 2 is 1.88 bits per heavy atom. The number of anilines is 2. The molecular weight excluding hydrogens is 337 g/mol. The maximum Gasteiger partial charge on any atom is 0.274 e. The zero-order valence-corrected chi connectivity index (χ0v) is 13.0. The molecule has 0 saturated carbocycles. The number of pyridine rings is 1. The van der Waals surface area contributed by atoms with E-state index in [1.165, 1.54) is 30.3 Å². The van der Waals surface area contributed by atoms with Crippen molar-refractivity contribution in [3.05, 3.63) is 53.1 Å². The van der Waals surface area contributed by atoms with Gasteiger partial charge in [-0.3, -0.25) is 14.4 Å². The van der Waals surface area contributed by atoms with Crippen LogP contribution in [0, 0.1) is 5.95 Å². The smallest absolute Gasteiger partial charge is 0.274 e. The second-order valence-electron chi connectivity index (χ2n) is 5.09. The summed E-state index contributed by atoms with van der Waals surface area (Å²) >= 11 is 6.12. The van der Waals surface area contributed by atoms with E-state index in [-0.39, 0.29) is 41.1 Å². The zero-order chi connectivity index (χ0) is 17.3. The molecule has 1 aliphatic heterocycles. The molecule has 0 unspecified atom stereocenters. The van der Waals surface area contributed by atoms with Crippen molar-refractivity contribution in [3.63, 3.8) is 0 Å². The van der Waals surface area contributed by atoms with Crippen LogP contribution < -0.4 is 10.2 Å². The number of rotatable bonds is 3. The van der Waals surface area contributed by atoms with E-state index in [2.05, 4.69) is 10.3 Å². The van der Waals surface area contributed by atoms with Crippen LogP contribution in [0.1, 0.15) is 23.3 Å². The van der Waals surface area contributed by atoms with Crippen molar-refractivity contribution in [2.75, 3.05) is 10.2 Å². The summed E-state index contributed by atoms with van der Waals surface area (Å²) < 4.78 is 13.0. The van der Waals surface area contributed by atoms with Gasteiger partial charge in [0.2, 0.25) is 17.8 Å². The van der Waals surface area contributed by atoms with Gasteiger partial charge in [0, 0.05) is 18.5 Å². The van der Waals surface area contributed by atoms with Gasteiger partial charge < -0.3 is 5.32 Å². The van der Waals surface area contributed by atoms with Crippen LogP contribution in [0.2, 0.25) is 5.02 Å². The van der Waals surface area contributed by atoms with E-state index in [4.69, 9.17) is 11.6 Å².